The fourth-order valence-electron chi connectivity index (χ4n) is 2.82. The summed E-state index contributed by atoms with van der Waals surface area (Å²) >= 11 is 6.06. The van der Waals surface area contributed by atoms with Gasteiger partial charge in [-0.25, -0.2) is 4.98 Å². The van der Waals surface area contributed by atoms with E-state index in [0.717, 1.165) is 5.56 Å². The molecule has 0 spiro atoms. The Labute approximate surface area is 170 Å². The molecule has 148 valence electrons. The fourth-order valence-corrected chi connectivity index (χ4v) is 3.04. The maximum atomic E-state index is 12.5. The van der Waals surface area contributed by atoms with Crippen LogP contribution in [-0.2, 0) is 6.42 Å². The van der Waals surface area contributed by atoms with Crippen LogP contribution in [0, 0.1) is 0 Å². The maximum absolute atomic E-state index is 12.5. The average Bonchev–Trinajstić information content (AvgIpc) is 3.37. The van der Waals surface area contributed by atoms with Crippen molar-refractivity contribution < 1.29 is 18.7 Å². The third kappa shape index (κ3) is 3.85. The number of carbonyl (C=O) groups excluding carboxylic acids is 1. The van der Waals surface area contributed by atoms with Gasteiger partial charge in [-0.3, -0.25) is 10.1 Å². The molecule has 0 atom stereocenters. The Balaban J connectivity index is 1.52. The van der Waals surface area contributed by atoms with Crippen molar-refractivity contribution in [2.24, 2.45) is 0 Å². The molecule has 1 amide bonds. The van der Waals surface area contributed by atoms with Crippen LogP contribution in [-0.4, -0.2) is 40.1 Å². The first-order valence-corrected chi connectivity index (χ1v) is 8.92. The van der Waals surface area contributed by atoms with Crippen LogP contribution in [0.4, 0.5) is 5.95 Å². The number of H-pyrrole nitrogens is 1. The number of amides is 1. The standard InChI is InChI=1S/C19H16ClN5O4/c1-27-11-3-5-13(28-2)10(7-11)8-12-4-6-14(29-12)18(26)25-19-23-16(20)15-17(24-19)22-9-21-15/h3-7,9H,8H2,1-2H3,(H2,21,22,23,24,25,26). The first-order chi connectivity index (χ1) is 14.1. The zero-order valence-corrected chi connectivity index (χ0v) is 16.3. The zero-order chi connectivity index (χ0) is 20.4. The monoisotopic (exact) mass is 413 g/mol. The number of methoxy groups -OCH3 is 2. The van der Waals surface area contributed by atoms with E-state index in [1.807, 2.05) is 18.2 Å². The normalized spacial score (nSPS) is 10.9. The van der Waals surface area contributed by atoms with Gasteiger partial charge in [0.2, 0.25) is 5.95 Å². The van der Waals surface area contributed by atoms with E-state index in [1.54, 1.807) is 26.4 Å². The van der Waals surface area contributed by atoms with E-state index >= 15 is 0 Å². The highest BCUT2D eigenvalue weighted by Crippen LogP contribution is 2.27. The second-order valence-corrected chi connectivity index (χ2v) is 6.37. The number of hydrogen-bond donors (Lipinski definition) is 2. The van der Waals surface area contributed by atoms with Crippen molar-refractivity contribution in [1.82, 2.24) is 19.9 Å². The fraction of sp³-hybridized carbons (Fsp3) is 0.158. The number of carbonyl (C=O) groups is 1. The smallest absolute Gasteiger partial charge is 0.293 e. The summed E-state index contributed by atoms with van der Waals surface area (Å²) in [5.74, 6) is 1.63. The lowest BCUT2D eigenvalue weighted by atomic mass is 10.1. The molecular formula is C19H16ClN5O4. The van der Waals surface area contributed by atoms with Crippen molar-refractivity contribution >= 4 is 34.6 Å². The number of nitrogens with zero attached hydrogens (tertiary/aromatic N) is 3. The van der Waals surface area contributed by atoms with Gasteiger partial charge in [-0.2, -0.15) is 9.97 Å². The zero-order valence-electron chi connectivity index (χ0n) is 15.5. The van der Waals surface area contributed by atoms with Gasteiger partial charge in [0.15, 0.2) is 16.6 Å². The summed E-state index contributed by atoms with van der Waals surface area (Å²) in [6.45, 7) is 0. The number of fused-ring (bicyclic) bond motifs is 1. The van der Waals surface area contributed by atoms with Crippen LogP contribution >= 0.6 is 11.6 Å². The molecule has 0 aliphatic heterocycles. The molecule has 29 heavy (non-hydrogen) atoms. The molecular weight excluding hydrogens is 398 g/mol. The summed E-state index contributed by atoms with van der Waals surface area (Å²) in [7, 11) is 3.18. The van der Waals surface area contributed by atoms with Crippen molar-refractivity contribution in [3.63, 3.8) is 0 Å². The summed E-state index contributed by atoms with van der Waals surface area (Å²) in [6, 6.07) is 8.78. The van der Waals surface area contributed by atoms with Crippen LogP contribution in [0.3, 0.4) is 0 Å². The van der Waals surface area contributed by atoms with Crippen LogP contribution in [0.1, 0.15) is 21.9 Å². The van der Waals surface area contributed by atoms with Crippen molar-refractivity contribution in [3.8, 4) is 11.5 Å². The van der Waals surface area contributed by atoms with Crippen molar-refractivity contribution in [2.45, 2.75) is 6.42 Å². The highest BCUT2D eigenvalue weighted by Gasteiger charge is 2.16. The summed E-state index contributed by atoms with van der Waals surface area (Å²) in [4.78, 5) is 27.5. The topological polar surface area (TPSA) is 115 Å². The van der Waals surface area contributed by atoms with Crippen LogP contribution in [0.15, 0.2) is 41.1 Å². The molecule has 1 aromatic carbocycles. The summed E-state index contributed by atoms with van der Waals surface area (Å²) in [5.41, 5.74) is 1.72. The van der Waals surface area contributed by atoms with E-state index in [-0.39, 0.29) is 16.9 Å². The van der Waals surface area contributed by atoms with Crippen molar-refractivity contribution in [2.75, 3.05) is 19.5 Å². The summed E-state index contributed by atoms with van der Waals surface area (Å²) in [6.07, 6.45) is 1.87. The summed E-state index contributed by atoms with van der Waals surface area (Å²) < 4.78 is 16.3. The number of aromatic amines is 1. The highest BCUT2D eigenvalue weighted by atomic mass is 35.5. The molecule has 0 saturated carbocycles. The number of anilines is 1. The molecule has 0 radical (unpaired) electrons. The van der Waals surface area contributed by atoms with Gasteiger partial charge in [0.05, 0.1) is 20.5 Å². The van der Waals surface area contributed by atoms with E-state index < -0.39 is 5.91 Å². The Kier molecular flexibility index (Phi) is 5.05. The van der Waals surface area contributed by atoms with Gasteiger partial charge in [-0.05, 0) is 30.3 Å². The number of imidazole rings is 1. The Morgan fingerprint density at radius 2 is 2.07 bits per heavy atom. The molecule has 4 aromatic rings. The maximum Gasteiger partial charge on any atom is 0.293 e. The third-order valence-corrected chi connectivity index (χ3v) is 4.48. The molecule has 3 aromatic heterocycles. The first kappa shape index (κ1) is 18.8. The predicted octanol–water partition coefficient (Wildman–Crippen LogP) is 3.46. The van der Waals surface area contributed by atoms with E-state index in [2.05, 4.69) is 25.3 Å². The average molecular weight is 414 g/mol. The van der Waals surface area contributed by atoms with Gasteiger partial charge >= 0.3 is 0 Å². The number of furan rings is 1. The second-order valence-electron chi connectivity index (χ2n) is 6.01. The molecule has 0 aliphatic rings. The number of nitrogens with one attached hydrogen (secondary N) is 2. The van der Waals surface area contributed by atoms with Gasteiger partial charge in [0, 0.05) is 12.0 Å². The number of hydrogen-bond acceptors (Lipinski definition) is 7. The molecule has 0 fully saturated rings. The van der Waals surface area contributed by atoms with Gasteiger partial charge in [0.1, 0.15) is 22.8 Å². The van der Waals surface area contributed by atoms with E-state index in [0.29, 0.717) is 34.8 Å². The van der Waals surface area contributed by atoms with Crippen LogP contribution < -0.4 is 14.8 Å². The Bertz CT molecular complexity index is 1190. The number of benzene rings is 1. The highest BCUT2D eigenvalue weighted by molar-refractivity contribution is 6.33. The molecule has 0 saturated heterocycles. The largest absolute Gasteiger partial charge is 0.497 e. The van der Waals surface area contributed by atoms with Crippen molar-refractivity contribution in [3.05, 3.63) is 58.9 Å². The second kappa shape index (κ2) is 7.80. The van der Waals surface area contributed by atoms with E-state index in [9.17, 15) is 4.79 Å². The van der Waals surface area contributed by atoms with Gasteiger partial charge < -0.3 is 18.9 Å². The van der Waals surface area contributed by atoms with Gasteiger partial charge in [-0.1, -0.05) is 11.6 Å². The van der Waals surface area contributed by atoms with Crippen LogP contribution in [0.5, 0.6) is 11.5 Å². The molecule has 0 aliphatic carbocycles. The number of rotatable bonds is 6. The van der Waals surface area contributed by atoms with E-state index in [4.69, 9.17) is 25.5 Å². The molecule has 4 rings (SSSR count). The minimum absolute atomic E-state index is 0.0343. The number of aromatic nitrogens is 4. The quantitative estimate of drug-likeness (QED) is 0.465. The molecule has 9 nitrogen and oxygen atoms in total. The lowest BCUT2D eigenvalue weighted by Crippen LogP contribution is -2.13. The lowest BCUT2D eigenvalue weighted by molar-refractivity contribution is 0.0994. The molecule has 0 bridgehead atoms. The molecule has 0 unspecified atom stereocenters. The Morgan fingerprint density at radius 3 is 2.86 bits per heavy atom. The third-order valence-electron chi connectivity index (χ3n) is 4.20. The van der Waals surface area contributed by atoms with Gasteiger partial charge in [0.25, 0.3) is 5.91 Å². The Hall–Kier alpha value is -3.59. The summed E-state index contributed by atoms with van der Waals surface area (Å²) in [5, 5.41) is 2.72. The lowest BCUT2D eigenvalue weighted by Gasteiger charge is -2.09. The molecule has 10 heteroatoms. The van der Waals surface area contributed by atoms with Crippen LogP contribution in [0.25, 0.3) is 11.2 Å². The SMILES string of the molecule is COc1ccc(OC)c(Cc2ccc(C(=O)Nc3nc(Cl)c4[nH]cnc4n3)o2)c1. The minimum Gasteiger partial charge on any atom is -0.497 e. The minimum atomic E-state index is -0.500. The molecule has 2 N–H and O–H groups in total. The van der Waals surface area contributed by atoms with Gasteiger partial charge in [-0.15, -0.1) is 0 Å². The number of ether oxygens (including phenoxy) is 2. The van der Waals surface area contributed by atoms with Crippen molar-refractivity contribution in [1.29, 1.82) is 0 Å². The predicted molar refractivity (Wildman–Crippen MR) is 106 cm³/mol. The molecule has 3 heterocycles. The van der Waals surface area contributed by atoms with E-state index in [1.165, 1.54) is 6.33 Å². The first-order valence-electron chi connectivity index (χ1n) is 8.55. The van der Waals surface area contributed by atoms with Crippen LogP contribution in [0.2, 0.25) is 5.15 Å². The number of halogens is 1. The Morgan fingerprint density at radius 1 is 1.21 bits per heavy atom.